The molecule has 0 saturated heterocycles. The zero-order chi connectivity index (χ0) is 13.2. The number of ether oxygens (including phenoxy) is 2. The fraction of sp³-hybridized carbons (Fsp3) is 0.500. The summed E-state index contributed by atoms with van der Waals surface area (Å²) in [7, 11) is 3.18. The highest BCUT2D eigenvalue weighted by molar-refractivity contribution is 5.77. The molecule has 0 aliphatic rings. The van der Waals surface area contributed by atoms with Gasteiger partial charge in [0, 0.05) is 13.7 Å². The Morgan fingerprint density at radius 2 is 1.89 bits per heavy atom. The monoisotopic (exact) mass is 251 g/mol. The van der Waals surface area contributed by atoms with E-state index in [0.717, 1.165) is 25.0 Å². The van der Waals surface area contributed by atoms with Crippen molar-refractivity contribution in [2.24, 2.45) is 0 Å². The van der Waals surface area contributed by atoms with E-state index in [1.54, 1.807) is 7.11 Å². The Hall–Kier alpha value is -1.55. The molecule has 0 aliphatic heterocycles. The van der Waals surface area contributed by atoms with E-state index in [0.29, 0.717) is 6.54 Å². The molecule has 0 atom stereocenters. The average molecular weight is 251 g/mol. The van der Waals surface area contributed by atoms with Crippen LogP contribution in [0.5, 0.6) is 5.75 Å². The largest absolute Gasteiger partial charge is 0.497 e. The lowest BCUT2D eigenvalue weighted by atomic mass is 10.1. The third-order valence-electron chi connectivity index (χ3n) is 2.65. The van der Waals surface area contributed by atoms with Crippen molar-refractivity contribution in [3.8, 4) is 5.75 Å². The van der Waals surface area contributed by atoms with Gasteiger partial charge in [-0.3, -0.25) is 4.79 Å². The zero-order valence-corrected chi connectivity index (χ0v) is 11.1. The van der Waals surface area contributed by atoms with E-state index in [1.165, 1.54) is 12.7 Å². The van der Waals surface area contributed by atoms with Crippen molar-refractivity contribution in [1.29, 1.82) is 0 Å². The molecule has 0 spiro atoms. The van der Waals surface area contributed by atoms with Crippen LogP contribution in [0.15, 0.2) is 24.3 Å². The highest BCUT2D eigenvalue weighted by Crippen LogP contribution is 2.12. The van der Waals surface area contributed by atoms with Crippen LogP contribution in [0.25, 0.3) is 0 Å². The predicted molar refractivity (Wildman–Crippen MR) is 70.8 cm³/mol. The van der Waals surface area contributed by atoms with Crippen LogP contribution in [0.3, 0.4) is 0 Å². The molecule has 0 aromatic heterocycles. The minimum atomic E-state index is -0.0538. The standard InChI is InChI=1S/C14H21NO3/c1-17-11-14(16)15-10-4-3-5-12-6-8-13(18-2)9-7-12/h6-9H,3-5,10-11H2,1-2H3,(H,15,16). The van der Waals surface area contributed by atoms with Gasteiger partial charge in [-0.05, 0) is 37.0 Å². The molecule has 1 N–H and O–H groups in total. The molecule has 0 saturated carbocycles. The van der Waals surface area contributed by atoms with Crippen LogP contribution in [-0.4, -0.2) is 33.3 Å². The van der Waals surface area contributed by atoms with Crippen molar-refractivity contribution in [2.75, 3.05) is 27.4 Å². The van der Waals surface area contributed by atoms with Crippen LogP contribution < -0.4 is 10.1 Å². The number of rotatable bonds is 8. The first kappa shape index (κ1) is 14.5. The first-order valence-electron chi connectivity index (χ1n) is 6.15. The number of amides is 1. The first-order chi connectivity index (χ1) is 8.76. The van der Waals surface area contributed by atoms with Crippen molar-refractivity contribution in [3.05, 3.63) is 29.8 Å². The summed E-state index contributed by atoms with van der Waals surface area (Å²) in [5.74, 6) is 0.826. The molecule has 0 fully saturated rings. The zero-order valence-electron chi connectivity index (χ0n) is 11.1. The summed E-state index contributed by atoms with van der Waals surface area (Å²) in [5, 5.41) is 2.80. The van der Waals surface area contributed by atoms with Crippen molar-refractivity contribution in [1.82, 2.24) is 5.32 Å². The summed E-state index contributed by atoms with van der Waals surface area (Å²) < 4.78 is 9.83. The Morgan fingerprint density at radius 3 is 2.50 bits per heavy atom. The second-order valence-corrected chi connectivity index (χ2v) is 4.09. The van der Waals surface area contributed by atoms with Crippen molar-refractivity contribution in [3.63, 3.8) is 0 Å². The van der Waals surface area contributed by atoms with Gasteiger partial charge in [-0.1, -0.05) is 12.1 Å². The second kappa shape index (κ2) is 8.53. The SMILES string of the molecule is COCC(=O)NCCCCc1ccc(OC)cc1. The number of methoxy groups -OCH3 is 2. The van der Waals surface area contributed by atoms with E-state index in [2.05, 4.69) is 17.4 Å². The van der Waals surface area contributed by atoms with Crippen molar-refractivity contribution >= 4 is 5.91 Å². The Kier molecular flexibility index (Phi) is 6.87. The molecule has 1 amide bonds. The minimum absolute atomic E-state index is 0.0538. The summed E-state index contributed by atoms with van der Waals surface area (Å²) in [6.45, 7) is 0.844. The number of benzene rings is 1. The maximum absolute atomic E-state index is 11.1. The third-order valence-corrected chi connectivity index (χ3v) is 2.65. The lowest BCUT2D eigenvalue weighted by Gasteiger charge is -2.05. The Bertz CT molecular complexity index is 349. The van der Waals surface area contributed by atoms with Crippen LogP contribution in [-0.2, 0) is 16.0 Å². The number of aryl methyl sites for hydroxylation is 1. The van der Waals surface area contributed by atoms with Gasteiger partial charge in [0.1, 0.15) is 12.4 Å². The quantitative estimate of drug-likeness (QED) is 0.716. The molecule has 100 valence electrons. The first-order valence-corrected chi connectivity index (χ1v) is 6.15. The van der Waals surface area contributed by atoms with Crippen LogP contribution >= 0.6 is 0 Å². The summed E-state index contributed by atoms with van der Waals surface area (Å²) >= 11 is 0. The second-order valence-electron chi connectivity index (χ2n) is 4.09. The van der Waals surface area contributed by atoms with E-state index in [4.69, 9.17) is 9.47 Å². The van der Waals surface area contributed by atoms with E-state index in [9.17, 15) is 4.79 Å². The van der Waals surface area contributed by atoms with Gasteiger partial charge in [-0.2, -0.15) is 0 Å². The molecular formula is C14H21NO3. The molecule has 0 bridgehead atoms. The lowest BCUT2D eigenvalue weighted by molar-refractivity contribution is -0.124. The highest BCUT2D eigenvalue weighted by atomic mass is 16.5. The van der Waals surface area contributed by atoms with Gasteiger partial charge in [0.25, 0.3) is 0 Å². The molecule has 18 heavy (non-hydrogen) atoms. The van der Waals surface area contributed by atoms with E-state index >= 15 is 0 Å². The molecular weight excluding hydrogens is 230 g/mol. The van der Waals surface area contributed by atoms with E-state index in [-0.39, 0.29) is 12.5 Å². The molecule has 4 nitrogen and oxygen atoms in total. The average Bonchev–Trinajstić information content (AvgIpc) is 2.39. The minimum Gasteiger partial charge on any atom is -0.497 e. The Morgan fingerprint density at radius 1 is 1.17 bits per heavy atom. The third kappa shape index (κ3) is 5.68. The molecule has 4 heteroatoms. The number of unbranched alkanes of at least 4 members (excludes halogenated alkanes) is 1. The van der Waals surface area contributed by atoms with Crippen LogP contribution in [0, 0.1) is 0 Å². The van der Waals surface area contributed by atoms with Gasteiger partial charge >= 0.3 is 0 Å². The smallest absolute Gasteiger partial charge is 0.245 e. The maximum Gasteiger partial charge on any atom is 0.245 e. The van der Waals surface area contributed by atoms with Crippen LogP contribution in [0.2, 0.25) is 0 Å². The summed E-state index contributed by atoms with van der Waals surface area (Å²) in [5.41, 5.74) is 1.29. The lowest BCUT2D eigenvalue weighted by Crippen LogP contribution is -2.27. The maximum atomic E-state index is 11.1. The van der Waals surface area contributed by atoms with Crippen LogP contribution in [0.1, 0.15) is 18.4 Å². The predicted octanol–water partition coefficient (Wildman–Crippen LogP) is 1.78. The van der Waals surface area contributed by atoms with Crippen molar-refractivity contribution < 1.29 is 14.3 Å². The molecule has 0 heterocycles. The van der Waals surface area contributed by atoms with Gasteiger partial charge in [-0.25, -0.2) is 0 Å². The summed E-state index contributed by atoms with van der Waals surface area (Å²) in [6.07, 6.45) is 3.05. The molecule has 0 unspecified atom stereocenters. The fourth-order valence-electron chi connectivity index (χ4n) is 1.66. The van der Waals surface area contributed by atoms with Crippen LogP contribution in [0.4, 0.5) is 0 Å². The normalized spacial score (nSPS) is 10.1. The van der Waals surface area contributed by atoms with Gasteiger partial charge in [0.2, 0.25) is 5.91 Å². The molecule has 0 radical (unpaired) electrons. The molecule has 1 aromatic carbocycles. The van der Waals surface area contributed by atoms with Gasteiger partial charge < -0.3 is 14.8 Å². The Balaban J connectivity index is 2.12. The van der Waals surface area contributed by atoms with Gasteiger partial charge in [-0.15, -0.1) is 0 Å². The summed E-state index contributed by atoms with van der Waals surface area (Å²) in [4.78, 5) is 11.1. The van der Waals surface area contributed by atoms with E-state index in [1.807, 2.05) is 12.1 Å². The molecule has 1 rings (SSSR count). The number of nitrogens with one attached hydrogen (secondary N) is 1. The number of carbonyl (C=O) groups excluding carboxylic acids is 1. The van der Waals surface area contributed by atoms with Crippen molar-refractivity contribution in [2.45, 2.75) is 19.3 Å². The Labute approximate surface area is 108 Å². The molecule has 1 aromatic rings. The van der Waals surface area contributed by atoms with Gasteiger partial charge in [0.15, 0.2) is 0 Å². The highest BCUT2D eigenvalue weighted by Gasteiger charge is 1.99. The van der Waals surface area contributed by atoms with Gasteiger partial charge in [0.05, 0.1) is 7.11 Å². The molecule has 0 aliphatic carbocycles. The number of hydrogen-bond donors (Lipinski definition) is 1. The number of hydrogen-bond acceptors (Lipinski definition) is 3. The number of carbonyl (C=O) groups is 1. The topological polar surface area (TPSA) is 47.6 Å². The fourth-order valence-corrected chi connectivity index (χ4v) is 1.66. The summed E-state index contributed by atoms with van der Waals surface area (Å²) in [6, 6.07) is 8.08. The van der Waals surface area contributed by atoms with E-state index < -0.39 is 0 Å².